The van der Waals surface area contributed by atoms with E-state index in [0.717, 1.165) is 19.4 Å². The predicted octanol–water partition coefficient (Wildman–Crippen LogP) is 3.35. The third-order valence-corrected chi connectivity index (χ3v) is 2.14. The number of aryl methyl sites for hydroxylation is 2. The fourth-order valence-corrected chi connectivity index (χ4v) is 1.46. The summed E-state index contributed by atoms with van der Waals surface area (Å²) in [6.07, 6.45) is 2.59. The molecule has 0 saturated carbocycles. The highest BCUT2D eigenvalue weighted by Gasteiger charge is 1.95. The lowest BCUT2D eigenvalue weighted by atomic mass is 10.1. The molecule has 78 valence electrons. The van der Waals surface area contributed by atoms with Crippen molar-refractivity contribution in [3.8, 4) is 0 Å². The van der Waals surface area contributed by atoms with Crippen LogP contribution in [0.4, 0.5) is 0 Å². The first-order chi connectivity index (χ1) is 6.68. The smallest absolute Gasteiger partial charge is 0.0518 e. The van der Waals surface area contributed by atoms with Crippen LogP contribution in [0.5, 0.6) is 0 Å². The van der Waals surface area contributed by atoms with E-state index in [0.29, 0.717) is 6.10 Å². The minimum Gasteiger partial charge on any atom is -0.379 e. The maximum absolute atomic E-state index is 5.49. The minimum absolute atomic E-state index is 0.354. The average molecular weight is 192 g/mol. The second-order valence-corrected chi connectivity index (χ2v) is 4.01. The van der Waals surface area contributed by atoms with Gasteiger partial charge < -0.3 is 4.74 Å². The number of rotatable bonds is 5. The first-order valence-corrected chi connectivity index (χ1v) is 5.35. The van der Waals surface area contributed by atoms with E-state index in [-0.39, 0.29) is 0 Å². The molecule has 0 unspecified atom stereocenters. The van der Waals surface area contributed by atoms with E-state index in [4.69, 9.17) is 4.74 Å². The van der Waals surface area contributed by atoms with Gasteiger partial charge in [0.1, 0.15) is 0 Å². The second-order valence-electron chi connectivity index (χ2n) is 4.01. The Hall–Kier alpha value is -0.820. The van der Waals surface area contributed by atoms with E-state index in [2.05, 4.69) is 45.0 Å². The van der Waals surface area contributed by atoms with Crippen molar-refractivity contribution in [1.82, 2.24) is 0 Å². The van der Waals surface area contributed by atoms with Crippen molar-refractivity contribution in [2.45, 2.75) is 39.7 Å². The highest BCUT2D eigenvalue weighted by Crippen LogP contribution is 2.06. The molecule has 0 heterocycles. The van der Waals surface area contributed by atoms with E-state index in [9.17, 15) is 0 Å². The molecule has 1 aromatic carbocycles. The van der Waals surface area contributed by atoms with Crippen LogP contribution in [-0.2, 0) is 11.2 Å². The van der Waals surface area contributed by atoms with E-state index in [1.54, 1.807) is 0 Å². The first-order valence-electron chi connectivity index (χ1n) is 5.35. The van der Waals surface area contributed by atoms with Crippen molar-refractivity contribution in [3.63, 3.8) is 0 Å². The molecule has 0 amide bonds. The predicted molar refractivity (Wildman–Crippen MR) is 60.6 cm³/mol. The monoisotopic (exact) mass is 192 g/mol. The number of ether oxygens (including phenoxy) is 1. The fourth-order valence-electron chi connectivity index (χ4n) is 1.46. The third-order valence-electron chi connectivity index (χ3n) is 2.14. The van der Waals surface area contributed by atoms with Gasteiger partial charge >= 0.3 is 0 Å². The van der Waals surface area contributed by atoms with Crippen LogP contribution in [0.25, 0.3) is 0 Å². The molecule has 0 atom stereocenters. The Balaban J connectivity index is 2.25. The van der Waals surface area contributed by atoms with Gasteiger partial charge in [0.25, 0.3) is 0 Å². The Morgan fingerprint density at radius 3 is 2.71 bits per heavy atom. The first kappa shape index (κ1) is 11.3. The maximum Gasteiger partial charge on any atom is 0.0518 e. The number of hydrogen-bond donors (Lipinski definition) is 0. The lowest BCUT2D eigenvalue weighted by Gasteiger charge is -2.07. The fraction of sp³-hybridized carbons (Fsp3) is 0.538. The van der Waals surface area contributed by atoms with E-state index < -0.39 is 0 Å². The summed E-state index contributed by atoms with van der Waals surface area (Å²) in [7, 11) is 0. The molecule has 0 radical (unpaired) electrons. The Bertz CT molecular complexity index is 266. The van der Waals surface area contributed by atoms with Crippen LogP contribution >= 0.6 is 0 Å². The molecule has 0 aromatic heterocycles. The molecule has 0 aliphatic rings. The SMILES string of the molecule is Cc1cccc(CCCOC(C)C)c1. The molecule has 0 spiro atoms. The molecule has 1 nitrogen and oxygen atoms in total. The average Bonchev–Trinajstić information content (AvgIpc) is 2.12. The summed E-state index contributed by atoms with van der Waals surface area (Å²) < 4.78 is 5.49. The topological polar surface area (TPSA) is 9.23 Å². The minimum atomic E-state index is 0.354. The van der Waals surface area contributed by atoms with Crippen LogP contribution in [0.3, 0.4) is 0 Å². The van der Waals surface area contributed by atoms with Gasteiger partial charge in [-0.15, -0.1) is 0 Å². The Kier molecular flexibility index (Phi) is 4.68. The van der Waals surface area contributed by atoms with Crippen LogP contribution < -0.4 is 0 Å². The molecule has 0 bridgehead atoms. The molecule has 14 heavy (non-hydrogen) atoms. The van der Waals surface area contributed by atoms with Crippen molar-refractivity contribution in [2.75, 3.05) is 6.61 Å². The zero-order chi connectivity index (χ0) is 10.4. The lowest BCUT2D eigenvalue weighted by Crippen LogP contribution is -2.04. The van der Waals surface area contributed by atoms with Gasteiger partial charge in [-0.25, -0.2) is 0 Å². The molecule has 0 saturated heterocycles. The summed E-state index contributed by atoms with van der Waals surface area (Å²) >= 11 is 0. The number of benzene rings is 1. The van der Waals surface area contributed by atoms with Gasteiger partial charge in [0.05, 0.1) is 6.10 Å². The summed E-state index contributed by atoms with van der Waals surface area (Å²) in [5, 5.41) is 0. The third kappa shape index (κ3) is 4.43. The van der Waals surface area contributed by atoms with Crippen molar-refractivity contribution < 1.29 is 4.74 Å². The van der Waals surface area contributed by atoms with Crippen LogP contribution in [0.2, 0.25) is 0 Å². The Morgan fingerprint density at radius 1 is 1.29 bits per heavy atom. The normalized spacial score (nSPS) is 10.9. The zero-order valence-electron chi connectivity index (χ0n) is 9.42. The van der Waals surface area contributed by atoms with Crippen LogP contribution in [0.1, 0.15) is 31.4 Å². The Morgan fingerprint density at radius 2 is 2.07 bits per heavy atom. The quantitative estimate of drug-likeness (QED) is 0.650. The van der Waals surface area contributed by atoms with Crippen LogP contribution in [0, 0.1) is 6.92 Å². The molecule has 0 N–H and O–H groups in total. The van der Waals surface area contributed by atoms with Crippen molar-refractivity contribution >= 4 is 0 Å². The highest BCUT2D eigenvalue weighted by atomic mass is 16.5. The van der Waals surface area contributed by atoms with Gasteiger partial charge in [0, 0.05) is 6.61 Å². The molecule has 1 rings (SSSR count). The van der Waals surface area contributed by atoms with E-state index >= 15 is 0 Å². The van der Waals surface area contributed by atoms with Gasteiger partial charge in [-0.05, 0) is 39.2 Å². The summed E-state index contributed by atoms with van der Waals surface area (Å²) in [4.78, 5) is 0. The van der Waals surface area contributed by atoms with Crippen molar-refractivity contribution in [3.05, 3.63) is 35.4 Å². The highest BCUT2D eigenvalue weighted by molar-refractivity contribution is 5.22. The standard InChI is InChI=1S/C13H20O/c1-11(2)14-9-5-8-13-7-4-6-12(3)10-13/h4,6-7,10-11H,5,8-9H2,1-3H3. The van der Waals surface area contributed by atoms with Gasteiger partial charge in [-0.3, -0.25) is 0 Å². The summed E-state index contributed by atoms with van der Waals surface area (Å²) in [5.41, 5.74) is 2.75. The van der Waals surface area contributed by atoms with Crippen molar-refractivity contribution in [1.29, 1.82) is 0 Å². The molecule has 0 aliphatic heterocycles. The van der Waals surface area contributed by atoms with Gasteiger partial charge in [0.2, 0.25) is 0 Å². The van der Waals surface area contributed by atoms with E-state index in [1.807, 2.05) is 0 Å². The van der Waals surface area contributed by atoms with Gasteiger partial charge in [-0.1, -0.05) is 29.8 Å². The molecule has 1 heteroatoms. The summed E-state index contributed by atoms with van der Waals surface area (Å²) in [6.45, 7) is 7.15. The largest absolute Gasteiger partial charge is 0.379 e. The summed E-state index contributed by atoms with van der Waals surface area (Å²) in [5.74, 6) is 0. The summed E-state index contributed by atoms with van der Waals surface area (Å²) in [6, 6.07) is 8.68. The molecule has 0 aliphatic carbocycles. The number of hydrogen-bond acceptors (Lipinski definition) is 1. The van der Waals surface area contributed by atoms with Crippen LogP contribution in [-0.4, -0.2) is 12.7 Å². The van der Waals surface area contributed by atoms with Gasteiger partial charge in [-0.2, -0.15) is 0 Å². The maximum atomic E-state index is 5.49. The van der Waals surface area contributed by atoms with Crippen molar-refractivity contribution in [2.24, 2.45) is 0 Å². The lowest BCUT2D eigenvalue weighted by molar-refractivity contribution is 0.0772. The zero-order valence-corrected chi connectivity index (χ0v) is 9.42. The molecular formula is C13H20O. The van der Waals surface area contributed by atoms with E-state index in [1.165, 1.54) is 11.1 Å². The van der Waals surface area contributed by atoms with Crippen LogP contribution in [0.15, 0.2) is 24.3 Å². The van der Waals surface area contributed by atoms with Gasteiger partial charge in [0.15, 0.2) is 0 Å². The second kappa shape index (κ2) is 5.82. The molecule has 1 aromatic rings. The Labute approximate surface area is 87.1 Å². The molecular weight excluding hydrogens is 172 g/mol. The molecule has 0 fully saturated rings.